The summed E-state index contributed by atoms with van der Waals surface area (Å²) in [6.45, 7) is 0. The SMILES string of the molecule is O=c1ccn(Br)c(=S)[nH]1. The molecule has 0 amide bonds. The zero-order valence-corrected chi connectivity index (χ0v) is 6.70. The summed E-state index contributed by atoms with van der Waals surface area (Å²) in [5, 5.41) is 0. The molecule has 0 aliphatic rings. The van der Waals surface area contributed by atoms with Gasteiger partial charge in [0.1, 0.15) is 0 Å². The number of aromatic nitrogens is 2. The molecule has 0 radical (unpaired) electrons. The Bertz CT molecular complexity index is 315. The van der Waals surface area contributed by atoms with Gasteiger partial charge in [0, 0.05) is 12.3 Å². The van der Waals surface area contributed by atoms with Crippen LogP contribution < -0.4 is 5.56 Å². The number of H-pyrrole nitrogens is 1. The van der Waals surface area contributed by atoms with Crippen LogP contribution in [0.4, 0.5) is 0 Å². The molecule has 5 heteroatoms. The summed E-state index contributed by atoms with van der Waals surface area (Å²) < 4.78 is 1.84. The molecule has 0 saturated carbocycles. The number of halogens is 1. The molecule has 0 fully saturated rings. The Morgan fingerprint density at radius 1 is 1.78 bits per heavy atom. The van der Waals surface area contributed by atoms with Crippen LogP contribution in [0.3, 0.4) is 0 Å². The van der Waals surface area contributed by atoms with Crippen LogP contribution in [0.15, 0.2) is 17.1 Å². The van der Waals surface area contributed by atoms with Crippen molar-refractivity contribution in [1.29, 1.82) is 0 Å². The second-order valence-electron chi connectivity index (χ2n) is 1.42. The average Bonchev–Trinajstić information content (AvgIpc) is 1.80. The number of nitrogens with zero attached hydrogens (tertiary/aromatic N) is 1. The normalized spacial score (nSPS) is 9.44. The highest BCUT2D eigenvalue weighted by Crippen LogP contribution is 1.89. The van der Waals surface area contributed by atoms with Gasteiger partial charge in [-0.05, 0) is 12.2 Å². The first-order valence-electron chi connectivity index (χ1n) is 2.18. The van der Waals surface area contributed by atoms with E-state index in [1.165, 1.54) is 9.66 Å². The quantitative estimate of drug-likeness (QED) is 0.646. The Hall–Kier alpha value is -0.420. The topological polar surface area (TPSA) is 37.8 Å². The van der Waals surface area contributed by atoms with E-state index in [9.17, 15) is 4.79 Å². The number of nitrogens with one attached hydrogen (secondary N) is 1. The maximum absolute atomic E-state index is 10.5. The van der Waals surface area contributed by atoms with Crippen molar-refractivity contribution in [2.75, 3.05) is 0 Å². The van der Waals surface area contributed by atoms with Gasteiger partial charge in [-0.15, -0.1) is 0 Å². The smallest absolute Gasteiger partial charge is 0.251 e. The Morgan fingerprint density at radius 3 is 2.89 bits per heavy atom. The molecule has 1 rings (SSSR count). The van der Waals surface area contributed by atoms with E-state index < -0.39 is 0 Å². The molecule has 1 aromatic rings. The fourth-order valence-electron chi connectivity index (χ4n) is 0.401. The molecule has 0 aliphatic carbocycles. The Morgan fingerprint density at radius 2 is 2.44 bits per heavy atom. The number of hydrogen-bond acceptors (Lipinski definition) is 2. The molecule has 0 aromatic carbocycles. The number of hydrogen-bond donors (Lipinski definition) is 1. The van der Waals surface area contributed by atoms with Crippen LogP contribution in [0, 0.1) is 4.77 Å². The van der Waals surface area contributed by atoms with Gasteiger partial charge in [0.15, 0.2) is 4.77 Å². The molecule has 3 nitrogen and oxygen atoms in total. The third-order valence-electron chi connectivity index (χ3n) is 0.781. The van der Waals surface area contributed by atoms with E-state index in [2.05, 4.69) is 21.1 Å². The van der Waals surface area contributed by atoms with E-state index >= 15 is 0 Å². The van der Waals surface area contributed by atoms with Gasteiger partial charge in [-0.25, -0.2) is 0 Å². The minimum Gasteiger partial charge on any atom is -0.298 e. The van der Waals surface area contributed by atoms with E-state index in [0.717, 1.165) is 0 Å². The molecule has 48 valence electrons. The summed E-state index contributed by atoms with van der Waals surface area (Å²) >= 11 is 7.77. The average molecular weight is 207 g/mol. The van der Waals surface area contributed by atoms with Gasteiger partial charge in [-0.2, -0.15) is 0 Å². The molecule has 1 heterocycles. The summed E-state index contributed by atoms with van der Waals surface area (Å²) in [6, 6.07) is 1.38. The van der Waals surface area contributed by atoms with Crippen LogP contribution in [0.2, 0.25) is 0 Å². The monoisotopic (exact) mass is 206 g/mol. The van der Waals surface area contributed by atoms with Crippen molar-refractivity contribution in [2.45, 2.75) is 0 Å². The van der Waals surface area contributed by atoms with Crippen molar-refractivity contribution in [3.8, 4) is 0 Å². The standard InChI is InChI=1S/C4H3BrN2OS/c5-7-2-1-3(8)6-4(7)9/h1-2H,(H,6,8,9). The van der Waals surface area contributed by atoms with Crippen LogP contribution in [-0.4, -0.2) is 8.58 Å². The maximum Gasteiger partial charge on any atom is 0.251 e. The molecular formula is C4H3BrN2OS. The molecular weight excluding hydrogens is 204 g/mol. The lowest BCUT2D eigenvalue weighted by Crippen LogP contribution is -2.05. The molecule has 0 unspecified atom stereocenters. The second-order valence-corrected chi connectivity index (χ2v) is 2.57. The van der Waals surface area contributed by atoms with E-state index in [-0.39, 0.29) is 5.56 Å². The van der Waals surface area contributed by atoms with Crippen molar-refractivity contribution in [2.24, 2.45) is 0 Å². The van der Waals surface area contributed by atoms with Crippen LogP contribution in [0.1, 0.15) is 0 Å². The van der Waals surface area contributed by atoms with Gasteiger partial charge < -0.3 is 0 Å². The molecule has 0 spiro atoms. The summed E-state index contributed by atoms with van der Waals surface area (Å²) in [5.74, 6) is 0. The van der Waals surface area contributed by atoms with E-state index in [4.69, 9.17) is 12.2 Å². The molecule has 0 aliphatic heterocycles. The van der Waals surface area contributed by atoms with Crippen molar-refractivity contribution in [3.05, 3.63) is 27.4 Å². The van der Waals surface area contributed by atoms with E-state index in [1.807, 2.05) is 0 Å². The summed E-state index contributed by atoms with van der Waals surface area (Å²) in [7, 11) is 0. The third-order valence-corrected chi connectivity index (χ3v) is 1.91. The second kappa shape index (κ2) is 2.45. The van der Waals surface area contributed by atoms with E-state index in [0.29, 0.717) is 4.77 Å². The van der Waals surface area contributed by atoms with Crippen molar-refractivity contribution >= 4 is 28.4 Å². The fraction of sp³-hybridized carbons (Fsp3) is 0. The Balaban J connectivity index is 3.52. The number of rotatable bonds is 0. The minimum absolute atomic E-state index is 0.185. The van der Waals surface area contributed by atoms with Crippen LogP contribution in [-0.2, 0) is 0 Å². The predicted octanol–water partition coefficient (Wildman–Crippen LogP) is 1.06. The zero-order chi connectivity index (χ0) is 6.85. The fourth-order valence-corrected chi connectivity index (χ4v) is 0.770. The van der Waals surface area contributed by atoms with Gasteiger partial charge >= 0.3 is 0 Å². The van der Waals surface area contributed by atoms with Gasteiger partial charge in [-0.1, -0.05) is 0 Å². The largest absolute Gasteiger partial charge is 0.298 e. The van der Waals surface area contributed by atoms with Crippen molar-refractivity contribution in [1.82, 2.24) is 8.58 Å². The van der Waals surface area contributed by atoms with Crippen LogP contribution in [0.5, 0.6) is 0 Å². The zero-order valence-electron chi connectivity index (χ0n) is 4.30. The summed E-state index contributed by atoms with van der Waals surface area (Å²) in [6.07, 6.45) is 1.54. The summed E-state index contributed by atoms with van der Waals surface area (Å²) in [4.78, 5) is 12.9. The number of aromatic amines is 1. The lowest BCUT2D eigenvalue weighted by molar-refractivity contribution is 1.05. The Kier molecular flexibility index (Phi) is 1.82. The first-order chi connectivity index (χ1) is 4.20. The molecule has 1 N–H and O–H groups in total. The van der Waals surface area contributed by atoms with Crippen molar-refractivity contribution < 1.29 is 0 Å². The maximum atomic E-state index is 10.5. The summed E-state index contributed by atoms with van der Waals surface area (Å²) in [5.41, 5.74) is -0.185. The molecule has 9 heavy (non-hydrogen) atoms. The Labute approximate surface area is 64.7 Å². The molecule has 1 aromatic heterocycles. The first kappa shape index (κ1) is 6.70. The third kappa shape index (κ3) is 1.49. The van der Waals surface area contributed by atoms with E-state index in [1.54, 1.807) is 6.20 Å². The van der Waals surface area contributed by atoms with Crippen LogP contribution >= 0.6 is 28.4 Å². The minimum atomic E-state index is -0.185. The molecule has 0 atom stereocenters. The highest BCUT2D eigenvalue weighted by Gasteiger charge is 1.83. The highest BCUT2D eigenvalue weighted by atomic mass is 79.9. The van der Waals surface area contributed by atoms with Gasteiger partial charge in [0.05, 0.1) is 16.1 Å². The van der Waals surface area contributed by atoms with Gasteiger partial charge in [0.25, 0.3) is 5.56 Å². The highest BCUT2D eigenvalue weighted by molar-refractivity contribution is 9.08. The predicted molar refractivity (Wildman–Crippen MR) is 40.2 cm³/mol. The van der Waals surface area contributed by atoms with Crippen molar-refractivity contribution in [3.63, 3.8) is 0 Å². The molecule has 0 bridgehead atoms. The molecule has 0 saturated heterocycles. The van der Waals surface area contributed by atoms with Crippen LogP contribution in [0.25, 0.3) is 0 Å². The lowest BCUT2D eigenvalue weighted by Gasteiger charge is -1.89. The van der Waals surface area contributed by atoms with Gasteiger partial charge in [0.2, 0.25) is 0 Å². The van der Waals surface area contributed by atoms with Gasteiger partial charge in [-0.3, -0.25) is 13.4 Å². The first-order valence-corrected chi connectivity index (χ1v) is 3.30. The lowest BCUT2D eigenvalue weighted by atomic mass is 10.7.